The van der Waals surface area contributed by atoms with E-state index in [-0.39, 0.29) is 12.3 Å². The first kappa shape index (κ1) is 14.6. The molecule has 1 rings (SSSR count). The topological polar surface area (TPSA) is 101 Å². The molecule has 98 valence electrons. The maximum absolute atomic E-state index is 11.8. The minimum atomic E-state index is -4.28. The second-order valence-corrected chi connectivity index (χ2v) is 5.75. The molecule has 0 heterocycles. The number of hydrogen-bond acceptors (Lipinski definition) is 4. The second-order valence-electron chi connectivity index (χ2n) is 3.65. The van der Waals surface area contributed by atoms with Crippen molar-refractivity contribution in [3.8, 4) is 0 Å². The molecule has 0 fully saturated rings. The summed E-state index contributed by atoms with van der Waals surface area (Å²) < 4.78 is 26.2. The summed E-state index contributed by atoms with van der Waals surface area (Å²) in [5.41, 5.74) is -1.71. The molecular formula is C10H10ClNO5S. The van der Waals surface area contributed by atoms with Gasteiger partial charge in [-0.1, -0.05) is 28.7 Å². The minimum Gasteiger partial charge on any atom is -0.481 e. The number of carbonyl (C=O) groups is 1. The lowest BCUT2D eigenvalue weighted by Gasteiger charge is -2.32. The molecule has 0 bridgehead atoms. The number of halogens is 1. The molecule has 0 saturated carbocycles. The van der Waals surface area contributed by atoms with Crippen molar-refractivity contribution in [2.45, 2.75) is 11.7 Å². The Hall–Kier alpha value is -1.43. The van der Waals surface area contributed by atoms with Gasteiger partial charge in [-0.2, -0.15) is 0 Å². The van der Waals surface area contributed by atoms with Crippen LogP contribution >= 0.6 is 11.6 Å². The summed E-state index contributed by atoms with van der Waals surface area (Å²) in [5, 5.41) is 7.81. The summed E-state index contributed by atoms with van der Waals surface area (Å²) in [4.78, 5) is 21.5. The number of aliphatic carboxylic acids is 1. The second kappa shape index (κ2) is 5.48. The number of alkyl halides is 1. The average molecular weight is 292 g/mol. The van der Waals surface area contributed by atoms with Gasteiger partial charge in [-0.05, 0) is 6.42 Å². The zero-order valence-electron chi connectivity index (χ0n) is 9.11. The Bertz CT molecular complexity index is 547. The molecule has 1 N–H and O–H groups in total. The number of carboxylic acid groups (broad SMARTS) is 1. The van der Waals surface area contributed by atoms with Crippen LogP contribution in [0.1, 0.15) is 6.42 Å². The van der Waals surface area contributed by atoms with Crippen LogP contribution in [0.5, 0.6) is 0 Å². The summed E-state index contributed by atoms with van der Waals surface area (Å²) in [7, 11) is -4.28. The highest BCUT2D eigenvalue weighted by molar-refractivity contribution is 7.91. The molecule has 2 atom stereocenters. The Morgan fingerprint density at radius 2 is 2.17 bits per heavy atom. The number of isocyanates is 1. The van der Waals surface area contributed by atoms with Crippen LogP contribution in [0, 0.1) is 5.41 Å². The van der Waals surface area contributed by atoms with Crippen LogP contribution in [0.2, 0.25) is 0 Å². The highest BCUT2D eigenvalue weighted by Gasteiger charge is 2.49. The molecule has 18 heavy (non-hydrogen) atoms. The molecule has 0 aromatic rings. The molecule has 1 aliphatic carbocycles. The Labute approximate surface area is 109 Å². The zero-order chi connectivity index (χ0) is 13.8. The maximum atomic E-state index is 11.8. The number of allylic oxidation sites excluding steroid dienone is 2. The largest absolute Gasteiger partial charge is 0.481 e. The van der Waals surface area contributed by atoms with E-state index in [1.807, 2.05) is 0 Å². The van der Waals surface area contributed by atoms with E-state index in [1.54, 1.807) is 0 Å². The lowest BCUT2D eigenvalue weighted by molar-refractivity contribution is -0.145. The third-order valence-corrected chi connectivity index (χ3v) is 4.43. The van der Waals surface area contributed by atoms with Gasteiger partial charge in [0, 0.05) is 5.88 Å². The quantitative estimate of drug-likeness (QED) is 0.459. The summed E-state index contributed by atoms with van der Waals surface area (Å²) in [6.45, 7) is 0. The molecule has 1 aliphatic rings. The van der Waals surface area contributed by atoms with Crippen molar-refractivity contribution >= 4 is 33.7 Å². The van der Waals surface area contributed by atoms with Crippen molar-refractivity contribution in [1.29, 1.82) is 0 Å². The first-order chi connectivity index (χ1) is 8.40. The van der Waals surface area contributed by atoms with E-state index in [4.69, 9.17) is 11.6 Å². The van der Waals surface area contributed by atoms with Crippen LogP contribution in [-0.4, -0.2) is 36.7 Å². The van der Waals surface area contributed by atoms with E-state index < -0.39 is 26.7 Å². The zero-order valence-corrected chi connectivity index (χ0v) is 10.7. The van der Waals surface area contributed by atoms with Crippen LogP contribution in [0.15, 0.2) is 28.7 Å². The SMILES string of the molecule is O=C=NS(=O)(=O)C1C=CC=CC1(CCCl)C(=O)O. The number of hydrogen-bond donors (Lipinski definition) is 1. The van der Waals surface area contributed by atoms with Crippen molar-refractivity contribution in [3.05, 3.63) is 24.3 Å². The van der Waals surface area contributed by atoms with Gasteiger partial charge in [-0.3, -0.25) is 4.79 Å². The molecule has 0 aromatic heterocycles. The monoisotopic (exact) mass is 291 g/mol. The van der Waals surface area contributed by atoms with Crippen LogP contribution in [-0.2, 0) is 19.6 Å². The average Bonchev–Trinajstić information content (AvgIpc) is 2.29. The molecule has 8 heteroatoms. The molecule has 0 saturated heterocycles. The smallest absolute Gasteiger partial charge is 0.315 e. The van der Waals surface area contributed by atoms with Gasteiger partial charge in [0.15, 0.2) is 0 Å². The van der Waals surface area contributed by atoms with Gasteiger partial charge in [-0.15, -0.1) is 11.6 Å². The summed E-state index contributed by atoms with van der Waals surface area (Å²) >= 11 is 5.54. The molecule has 2 unspecified atom stereocenters. The molecule has 0 spiro atoms. The minimum absolute atomic E-state index is 0.0404. The van der Waals surface area contributed by atoms with Gasteiger partial charge in [0.1, 0.15) is 10.7 Å². The lowest BCUT2D eigenvalue weighted by Crippen LogP contribution is -2.45. The van der Waals surface area contributed by atoms with Crippen molar-refractivity contribution in [2.24, 2.45) is 9.81 Å². The third-order valence-electron chi connectivity index (χ3n) is 2.69. The van der Waals surface area contributed by atoms with Crippen molar-refractivity contribution < 1.29 is 23.1 Å². The van der Waals surface area contributed by atoms with Crippen LogP contribution < -0.4 is 0 Å². The fraction of sp³-hybridized carbons (Fsp3) is 0.400. The predicted octanol–water partition coefficient (Wildman–Crippen LogP) is 0.847. The van der Waals surface area contributed by atoms with Crippen LogP contribution in [0.4, 0.5) is 0 Å². The summed E-state index contributed by atoms with van der Waals surface area (Å²) in [6, 6.07) is 0. The number of rotatable bonds is 5. The van der Waals surface area contributed by atoms with Gasteiger partial charge in [0.2, 0.25) is 0 Å². The number of sulfonamides is 1. The van der Waals surface area contributed by atoms with Crippen LogP contribution in [0.25, 0.3) is 0 Å². The highest BCUT2D eigenvalue weighted by atomic mass is 35.5. The fourth-order valence-electron chi connectivity index (χ4n) is 1.81. The maximum Gasteiger partial charge on any atom is 0.315 e. The number of carbonyl (C=O) groups excluding carboxylic acids is 1. The van der Waals surface area contributed by atoms with Gasteiger partial charge in [-0.25, -0.2) is 13.2 Å². The lowest BCUT2D eigenvalue weighted by atomic mass is 9.79. The Balaban J connectivity index is 3.39. The van der Waals surface area contributed by atoms with E-state index in [9.17, 15) is 23.1 Å². The fourth-order valence-corrected chi connectivity index (χ4v) is 3.46. The van der Waals surface area contributed by atoms with E-state index in [0.29, 0.717) is 0 Å². The first-order valence-electron chi connectivity index (χ1n) is 4.89. The molecular weight excluding hydrogens is 282 g/mol. The van der Waals surface area contributed by atoms with Gasteiger partial charge < -0.3 is 5.11 Å². The van der Waals surface area contributed by atoms with Crippen LogP contribution in [0.3, 0.4) is 0 Å². The Morgan fingerprint density at radius 3 is 2.67 bits per heavy atom. The highest BCUT2D eigenvalue weighted by Crippen LogP contribution is 2.37. The Morgan fingerprint density at radius 1 is 1.50 bits per heavy atom. The number of carboxylic acids is 1. The van der Waals surface area contributed by atoms with E-state index in [0.717, 1.165) is 6.08 Å². The standard InChI is InChI=1S/C10H10ClNO5S/c11-6-5-10(9(14)15)4-2-1-3-8(10)18(16,17)12-7-13/h1-4,8H,5-6H2,(H,14,15). The molecule has 0 aliphatic heterocycles. The van der Waals surface area contributed by atoms with Crippen molar-refractivity contribution in [1.82, 2.24) is 0 Å². The first-order valence-corrected chi connectivity index (χ1v) is 6.93. The Kier molecular flexibility index (Phi) is 4.45. The van der Waals surface area contributed by atoms with E-state index in [1.165, 1.54) is 24.3 Å². The normalized spacial score (nSPS) is 26.6. The van der Waals surface area contributed by atoms with Gasteiger partial charge in [0.25, 0.3) is 16.1 Å². The summed E-state index contributed by atoms with van der Waals surface area (Å²) in [5.74, 6) is -1.38. The molecule has 6 nitrogen and oxygen atoms in total. The predicted molar refractivity (Wildman–Crippen MR) is 64.5 cm³/mol. The van der Waals surface area contributed by atoms with E-state index >= 15 is 0 Å². The van der Waals surface area contributed by atoms with Crippen molar-refractivity contribution in [3.63, 3.8) is 0 Å². The summed E-state index contributed by atoms with van der Waals surface area (Å²) in [6.07, 6.45) is 6.08. The number of nitrogens with zero attached hydrogens (tertiary/aromatic N) is 1. The molecule has 0 amide bonds. The molecule has 0 radical (unpaired) electrons. The van der Waals surface area contributed by atoms with Gasteiger partial charge in [0.05, 0.1) is 0 Å². The van der Waals surface area contributed by atoms with Gasteiger partial charge >= 0.3 is 5.97 Å². The van der Waals surface area contributed by atoms with Crippen molar-refractivity contribution in [2.75, 3.05) is 5.88 Å². The molecule has 0 aromatic carbocycles. The van der Waals surface area contributed by atoms with E-state index in [2.05, 4.69) is 4.40 Å². The third kappa shape index (κ3) is 2.53.